The third-order valence-corrected chi connectivity index (χ3v) is 7.82. The zero-order chi connectivity index (χ0) is 26.7. The number of hydroxylamine groups is 1. The largest absolute Gasteiger partial charge is 0.494 e. The van der Waals surface area contributed by atoms with Crippen molar-refractivity contribution in [1.29, 1.82) is 0 Å². The Balaban J connectivity index is 1.31. The van der Waals surface area contributed by atoms with Crippen LogP contribution < -0.4 is 15.5 Å². The van der Waals surface area contributed by atoms with Crippen LogP contribution in [0.25, 0.3) is 0 Å². The Hall–Kier alpha value is -2.63. The van der Waals surface area contributed by atoms with Crippen molar-refractivity contribution >= 4 is 45.9 Å². The highest BCUT2D eigenvalue weighted by molar-refractivity contribution is 8.01. The van der Waals surface area contributed by atoms with Gasteiger partial charge < -0.3 is 14.8 Å². The van der Waals surface area contributed by atoms with E-state index in [4.69, 9.17) is 14.7 Å². The molecule has 37 heavy (non-hydrogen) atoms. The number of hydrogen-bond donors (Lipinski definition) is 3. The van der Waals surface area contributed by atoms with E-state index in [0.29, 0.717) is 30.5 Å². The van der Waals surface area contributed by atoms with Crippen LogP contribution in [0, 0.1) is 5.41 Å². The van der Waals surface area contributed by atoms with E-state index in [1.54, 1.807) is 23.4 Å². The summed E-state index contributed by atoms with van der Waals surface area (Å²) in [5.74, 6) is 1.71. The van der Waals surface area contributed by atoms with Crippen molar-refractivity contribution < 1.29 is 24.3 Å². The van der Waals surface area contributed by atoms with Gasteiger partial charge in [0.15, 0.2) is 11.0 Å². The van der Waals surface area contributed by atoms with Crippen LogP contribution in [0.1, 0.15) is 58.4 Å². The summed E-state index contributed by atoms with van der Waals surface area (Å²) in [6.07, 6.45) is 5.95. The van der Waals surface area contributed by atoms with Crippen LogP contribution in [-0.4, -0.2) is 52.9 Å². The number of ether oxygens (including phenoxy) is 2. The van der Waals surface area contributed by atoms with Gasteiger partial charge in [0.2, 0.25) is 11.8 Å². The van der Waals surface area contributed by atoms with E-state index in [2.05, 4.69) is 36.1 Å². The van der Waals surface area contributed by atoms with Gasteiger partial charge in [-0.1, -0.05) is 57.1 Å². The standard InChI is InChI=1S/C26H36N4O5S2/c1-26(2,3)20-15-27-23(35-20)17-36-24-16-28-25(37-24)29-22(32)14-18-9-11-19(12-10-18)34-13-7-5-4-6-8-21(31)30-33/h9-12,16,20,33H,4-8,13-15,17H2,1-3H3,(H,30,31)(H,28,29,32). The molecule has 0 fully saturated rings. The molecule has 3 N–H and O–H groups in total. The summed E-state index contributed by atoms with van der Waals surface area (Å²) in [7, 11) is 0. The number of nitrogens with one attached hydrogen (secondary N) is 2. The van der Waals surface area contributed by atoms with Gasteiger partial charge in [0.25, 0.3) is 0 Å². The second kappa shape index (κ2) is 14.3. The van der Waals surface area contributed by atoms with Crippen molar-refractivity contribution in [2.45, 2.75) is 69.6 Å². The topological polar surface area (TPSA) is 122 Å². The molecule has 1 atom stereocenters. The Labute approximate surface area is 226 Å². The van der Waals surface area contributed by atoms with Crippen LogP contribution in [0.2, 0.25) is 0 Å². The molecule has 1 unspecified atom stereocenters. The lowest BCUT2D eigenvalue weighted by Gasteiger charge is -2.25. The summed E-state index contributed by atoms with van der Waals surface area (Å²) >= 11 is 3.05. The fourth-order valence-electron chi connectivity index (χ4n) is 3.51. The smallest absolute Gasteiger partial charge is 0.243 e. The number of thioether (sulfide) groups is 1. The maximum atomic E-state index is 12.5. The van der Waals surface area contributed by atoms with Crippen molar-refractivity contribution in [3.8, 4) is 5.75 Å². The second-order valence-electron chi connectivity index (χ2n) is 9.90. The number of nitrogens with zero attached hydrogens (tertiary/aromatic N) is 2. The Morgan fingerprint density at radius 2 is 1.92 bits per heavy atom. The van der Waals surface area contributed by atoms with Gasteiger partial charge in [0.05, 0.1) is 35.7 Å². The van der Waals surface area contributed by atoms with Crippen molar-refractivity contribution in [3.05, 3.63) is 36.0 Å². The normalized spacial score (nSPS) is 15.1. The number of unbranched alkanes of at least 4 members (excludes halogenated alkanes) is 3. The number of thiazole rings is 1. The first-order valence-electron chi connectivity index (χ1n) is 12.5. The Bertz CT molecular complexity index is 1050. The molecule has 2 heterocycles. The second-order valence-corrected chi connectivity index (χ2v) is 12.2. The highest BCUT2D eigenvalue weighted by Crippen LogP contribution is 2.31. The van der Waals surface area contributed by atoms with E-state index in [-0.39, 0.29) is 29.8 Å². The van der Waals surface area contributed by atoms with E-state index in [0.717, 1.165) is 47.1 Å². The van der Waals surface area contributed by atoms with Crippen LogP contribution in [0.3, 0.4) is 0 Å². The van der Waals surface area contributed by atoms with Gasteiger partial charge in [-0.15, -0.1) is 11.8 Å². The molecular formula is C26H36N4O5S2. The Morgan fingerprint density at radius 3 is 2.62 bits per heavy atom. The number of aromatic nitrogens is 1. The highest BCUT2D eigenvalue weighted by atomic mass is 32.2. The SMILES string of the molecule is CC(C)(C)C1CN=C(CSc2cnc(NC(=O)Cc3ccc(OCCCCCCC(=O)NO)cc3)s2)O1. The predicted molar refractivity (Wildman–Crippen MR) is 147 cm³/mol. The maximum absolute atomic E-state index is 12.5. The van der Waals surface area contributed by atoms with Crippen LogP contribution in [0.4, 0.5) is 5.13 Å². The van der Waals surface area contributed by atoms with Crippen molar-refractivity contribution in [2.24, 2.45) is 10.4 Å². The van der Waals surface area contributed by atoms with Gasteiger partial charge >= 0.3 is 0 Å². The molecule has 0 radical (unpaired) electrons. The van der Waals surface area contributed by atoms with Gasteiger partial charge in [-0.05, 0) is 30.5 Å². The van der Waals surface area contributed by atoms with Gasteiger partial charge in [0.1, 0.15) is 11.9 Å². The van der Waals surface area contributed by atoms with E-state index < -0.39 is 0 Å². The molecule has 0 spiro atoms. The lowest BCUT2D eigenvalue weighted by molar-refractivity contribution is -0.129. The number of hydrogen-bond acceptors (Lipinski definition) is 9. The minimum Gasteiger partial charge on any atom is -0.494 e. The first-order valence-corrected chi connectivity index (χ1v) is 14.3. The number of aliphatic imine (C=N–C) groups is 1. The Morgan fingerprint density at radius 1 is 1.16 bits per heavy atom. The van der Waals surface area contributed by atoms with Crippen molar-refractivity contribution in [2.75, 3.05) is 24.2 Å². The number of carbonyl (C=O) groups is 2. The minimum atomic E-state index is -0.351. The van der Waals surface area contributed by atoms with E-state index in [1.807, 2.05) is 24.3 Å². The summed E-state index contributed by atoms with van der Waals surface area (Å²) in [5, 5.41) is 11.9. The van der Waals surface area contributed by atoms with Crippen molar-refractivity contribution in [3.63, 3.8) is 0 Å². The quantitative estimate of drug-likeness (QED) is 0.130. The zero-order valence-corrected chi connectivity index (χ0v) is 23.3. The van der Waals surface area contributed by atoms with Gasteiger partial charge in [-0.3, -0.25) is 19.8 Å². The molecule has 1 aliphatic heterocycles. The summed E-state index contributed by atoms with van der Waals surface area (Å²) in [6.45, 7) is 7.75. The molecule has 1 aliphatic rings. The van der Waals surface area contributed by atoms with Crippen molar-refractivity contribution in [1.82, 2.24) is 10.5 Å². The van der Waals surface area contributed by atoms with Crippen LogP contribution in [-0.2, 0) is 20.7 Å². The summed E-state index contributed by atoms with van der Waals surface area (Å²) < 4.78 is 12.7. The van der Waals surface area contributed by atoms with Gasteiger partial charge in [0, 0.05) is 11.8 Å². The first kappa shape index (κ1) is 28.9. The van der Waals surface area contributed by atoms with Crippen LogP contribution >= 0.6 is 23.1 Å². The molecule has 2 aromatic rings. The Kier molecular flexibility index (Phi) is 11.2. The molecule has 0 aliphatic carbocycles. The predicted octanol–water partition coefficient (Wildman–Crippen LogP) is 5.09. The summed E-state index contributed by atoms with van der Waals surface area (Å²) in [4.78, 5) is 32.2. The lowest BCUT2D eigenvalue weighted by Crippen LogP contribution is -2.29. The molecule has 2 amide bonds. The number of benzene rings is 1. The third kappa shape index (κ3) is 10.3. The number of rotatable bonds is 14. The number of carbonyl (C=O) groups excluding carboxylic acids is 2. The summed E-state index contributed by atoms with van der Waals surface area (Å²) in [5.41, 5.74) is 2.59. The van der Waals surface area contributed by atoms with E-state index >= 15 is 0 Å². The average Bonchev–Trinajstić information content (AvgIpc) is 3.52. The maximum Gasteiger partial charge on any atom is 0.243 e. The summed E-state index contributed by atoms with van der Waals surface area (Å²) in [6, 6.07) is 7.51. The molecule has 9 nitrogen and oxygen atoms in total. The molecular weight excluding hydrogens is 512 g/mol. The monoisotopic (exact) mass is 548 g/mol. The first-order chi connectivity index (χ1) is 17.7. The molecule has 11 heteroatoms. The molecule has 1 aromatic carbocycles. The average molecular weight is 549 g/mol. The van der Waals surface area contributed by atoms with Crippen LogP contribution in [0.15, 0.2) is 39.7 Å². The van der Waals surface area contributed by atoms with Crippen LogP contribution in [0.5, 0.6) is 5.75 Å². The molecule has 3 rings (SSSR count). The third-order valence-electron chi connectivity index (χ3n) is 5.73. The van der Waals surface area contributed by atoms with Gasteiger partial charge in [-0.2, -0.15) is 0 Å². The zero-order valence-electron chi connectivity index (χ0n) is 21.6. The number of anilines is 1. The lowest BCUT2D eigenvalue weighted by atomic mass is 9.89. The molecule has 0 saturated carbocycles. The minimum absolute atomic E-state index is 0.0648. The fourth-order valence-corrected chi connectivity index (χ4v) is 5.28. The highest BCUT2D eigenvalue weighted by Gasteiger charge is 2.31. The number of amides is 2. The molecule has 0 saturated heterocycles. The molecule has 1 aromatic heterocycles. The fraction of sp³-hybridized carbons (Fsp3) is 0.538. The molecule has 0 bridgehead atoms. The van der Waals surface area contributed by atoms with E-state index in [9.17, 15) is 9.59 Å². The molecule has 202 valence electrons. The van der Waals surface area contributed by atoms with E-state index in [1.165, 1.54) is 11.3 Å². The van der Waals surface area contributed by atoms with Gasteiger partial charge in [-0.25, -0.2) is 10.5 Å².